The molecule has 2 aromatic rings. The summed E-state index contributed by atoms with van der Waals surface area (Å²) in [5.41, 5.74) is 1.60. The van der Waals surface area contributed by atoms with E-state index in [-0.39, 0.29) is 6.10 Å². The van der Waals surface area contributed by atoms with E-state index in [1.54, 1.807) is 0 Å². The van der Waals surface area contributed by atoms with Crippen molar-refractivity contribution in [2.24, 2.45) is 0 Å². The first-order valence-electron chi connectivity index (χ1n) is 5.97. The first kappa shape index (κ1) is 10.7. The summed E-state index contributed by atoms with van der Waals surface area (Å²) in [6.07, 6.45) is 1.77. The minimum atomic E-state index is -0.523. The van der Waals surface area contributed by atoms with Crippen molar-refractivity contribution in [3.8, 4) is 0 Å². The van der Waals surface area contributed by atoms with E-state index in [0.717, 1.165) is 30.5 Å². The fraction of sp³-hybridized carbons (Fsp3) is 0.462. The maximum atomic E-state index is 10.0. The van der Waals surface area contributed by atoms with E-state index in [1.807, 2.05) is 24.3 Å². The Morgan fingerprint density at radius 2 is 2.29 bits per heavy atom. The number of rotatable bonds is 3. The Labute approximate surface area is 99.2 Å². The van der Waals surface area contributed by atoms with Crippen molar-refractivity contribution in [2.45, 2.75) is 31.5 Å². The molecule has 4 heteroatoms. The average Bonchev–Trinajstić information content (AvgIpc) is 2.97. The maximum Gasteiger partial charge on any atom is 0.198 e. The highest BCUT2D eigenvalue weighted by molar-refractivity contribution is 5.72. The summed E-state index contributed by atoms with van der Waals surface area (Å²) in [5.74, 6) is 0.578. The van der Waals surface area contributed by atoms with Crippen molar-refractivity contribution in [1.82, 2.24) is 4.98 Å². The Bertz CT molecular complexity index is 469. The second-order valence-electron chi connectivity index (χ2n) is 4.40. The minimum Gasteiger partial charge on any atom is -0.441 e. The summed E-state index contributed by atoms with van der Waals surface area (Å²) >= 11 is 0. The van der Waals surface area contributed by atoms with Crippen LogP contribution in [0.15, 0.2) is 28.7 Å². The second-order valence-corrected chi connectivity index (χ2v) is 4.40. The number of para-hydroxylation sites is 2. The van der Waals surface area contributed by atoms with Crippen LogP contribution < -0.4 is 0 Å². The van der Waals surface area contributed by atoms with Gasteiger partial charge in [-0.05, 0) is 25.0 Å². The van der Waals surface area contributed by atoms with Crippen LogP contribution in [0.4, 0.5) is 0 Å². The molecule has 1 saturated heterocycles. The van der Waals surface area contributed by atoms with Crippen LogP contribution in [0.25, 0.3) is 11.1 Å². The van der Waals surface area contributed by atoms with E-state index in [1.165, 1.54) is 0 Å². The molecule has 2 heterocycles. The van der Waals surface area contributed by atoms with Crippen LogP contribution >= 0.6 is 0 Å². The molecular weight excluding hydrogens is 218 g/mol. The number of hydrogen-bond donors (Lipinski definition) is 1. The standard InChI is InChI=1S/C13H15NO3/c15-10(12-6-3-7-16-12)8-13-14-9-4-1-2-5-11(9)17-13/h1-2,4-5,10,12,15H,3,6-8H2. The van der Waals surface area contributed by atoms with Crippen molar-refractivity contribution in [1.29, 1.82) is 0 Å². The van der Waals surface area contributed by atoms with Gasteiger partial charge in [-0.25, -0.2) is 4.98 Å². The van der Waals surface area contributed by atoms with Gasteiger partial charge in [0.15, 0.2) is 11.5 Å². The van der Waals surface area contributed by atoms with Crippen molar-refractivity contribution >= 4 is 11.1 Å². The highest BCUT2D eigenvalue weighted by Gasteiger charge is 2.25. The van der Waals surface area contributed by atoms with E-state index in [2.05, 4.69) is 4.98 Å². The van der Waals surface area contributed by atoms with Crippen LogP contribution in [-0.2, 0) is 11.2 Å². The maximum absolute atomic E-state index is 10.0. The summed E-state index contributed by atoms with van der Waals surface area (Å²) in [4.78, 5) is 4.34. The molecule has 1 aliphatic heterocycles. The van der Waals surface area contributed by atoms with Gasteiger partial charge in [-0.15, -0.1) is 0 Å². The van der Waals surface area contributed by atoms with Gasteiger partial charge in [-0.3, -0.25) is 0 Å². The molecule has 2 unspecified atom stereocenters. The van der Waals surface area contributed by atoms with Crippen LogP contribution in [0, 0.1) is 0 Å². The molecule has 0 aliphatic carbocycles. The van der Waals surface area contributed by atoms with Gasteiger partial charge in [0.05, 0.1) is 18.6 Å². The molecule has 90 valence electrons. The van der Waals surface area contributed by atoms with Crippen molar-refractivity contribution in [3.05, 3.63) is 30.2 Å². The highest BCUT2D eigenvalue weighted by Crippen LogP contribution is 2.20. The summed E-state index contributed by atoms with van der Waals surface area (Å²) in [7, 11) is 0. The zero-order chi connectivity index (χ0) is 11.7. The number of ether oxygens (including phenoxy) is 1. The van der Waals surface area contributed by atoms with E-state index < -0.39 is 6.10 Å². The van der Waals surface area contributed by atoms with Gasteiger partial charge in [0.25, 0.3) is 0 Å². The van der Waals surface area contributed by atoms with Crippen LogP contribution in [0.1, 0.15) is 18.7 Å². The Morgan fingerprint density at radius 3 is 3.06 bits per heavy atom. The molecule has 2 atom stereocenters. The number of aliphatic hydroxyl groups excluding tert-OH is 1. The fourth-order valence-corrected chi connectivity index (χ4v) is 2.22. The third kappa shape index (κ3) is 2.18. The summed E-state index contributed by atoms with van der Waals surface area (Å²) in [5, 5.41) is 10.0. The molecule has 0 spiro atoms. The van der Waals surface area contributed by atoms with Gasteiger partial charge in [-0.1, -0.05) is 12.1 Å². The molecule has 1 aromatic heterocycles. The largest absolute Gasteiger partial charge is 0.441 e. The number of nitrogens with zero attached hydrogens (tertiary/aromatic N) is 1. The second kappa shape index (κ2) is 4.47. The topological polar surface area (TPSA) is 55.5 Å². The third-order valence-corrected chi connectivity index (χ3v) is 3.12. The minimum absolute atomic E-state index is 0.0648. The summed E-state index contributed by atoms with van der Waals surface area (Å²) < 4.78 is 11.0. The van der Waals surface area contributed by atoms with Gasteiger partial charge in [-0.2, -0.15) is 0 Å². The average molecular weight is 233 g/mol. The number of oxazole rings is 1. The number of fused-ring (bicyclic) bond motifs is 1. The van der Waals surface area contributed by atoms with E-state index in [9.17, 15) is 5.11 Å². The lowest BCUT2D eigenvalue weighted by Gasteiger charge is -2.15. The van der Waals surface area contributed by atoms with Crippen LogP contribution in [0.5, 0.6) is 0 Å². The van der Waals surface area contributed by atoms with Crippen molar-refractivity contribution in [2.75, 3.05) is 6.61 Å². The van der Waals surface area contributed by atoms with Gasteiger partial charge in [0.1, 0.15) is 5.52 Å². The predicted molar refractivity (Wildman–Crippen MR) is 62.7 cm³/mol. The molecular formula is C13H15NO3. The molecule has 17 heavy (non-hydrogen) atoms. The third-order valence-electron chi connectivity index (χ3n) is 3.12. The number of aliphatic hydroxyl groups is 1. The highest BCUT2D eigenvalue weighted by atomic mass is 16.5. The Hall–Kier alpha value is -1.39. The molecule has 0 saturated carbocycles. The van der Waals surface area contributed by atoms with Crippen LogP contribution in [0.3, 0.4) is 0 Å². The quantitative estimate of drug-likeness (QED) is 0.879. The van der Waals surface area contributed by atoms with Crippen LogP contribution in [-0.4, -0.2) is 28.9 Å². The van der Waals surface area contributed by atoms with E-state index >= 15 is 0 Å². The lowest BCUT2D eigenvalue weighted by atomic mass is 10.1. The van der Waals surface area contributed by atoms with Gasteiger partial charge < -0.3 is 14.3 Å². The zero-order valence-corrected chi connectivity index (χ0v) is 9.50. The van der Waals surface area contributed by atoms with Gasteiger partial charge in [0, 0.05) is 6.61 Å². The molecule has 3 rings (SSSR count). The normalized spacial score (nSPS) is 22.1. The Kier molecular flexibility index (Phi) is 2.82. The number of benzene rings is 1. The molecule has 1 fully saturated rings. The molecule has 4 nitrogen and oxygen atoms in total. The predicted octanol–water partition coefficient (Wildman–Crippen LogP) is 1.91. The van der Waals surface area contributed by atoms with Gasteiger partial charge in [0.2, 0.25) is 0 Å². The van der Waals surface area contributed by atoms with Crippen LogP contribution in [0.2, 0.25) is 0 Å². The van der Waals surface area contributed by atoms with E-state index in [4.69, 9.17) is 9.15 Å². The van der Waals surface area contributed by atoms with Crippen molar-refractivity contribution < 1.29 is 14.3 Å². The zero-order valence-electron chi connectivity index (χ0n) is 9.50. The molecule has 1 aliphatic rings. The summed E-state index contributed by atoms with van der Waals surface area (Å²) in [6, 6.07) is 7.62. The van der Waals surface area contributed by atoms with Gasteiger partial charge >= 0.3 is 0 Å². The van der Waals surface area contributed by atoms with Crippen molar-refractivity contribution in [3.63, 3.8) is 0 Å². The molecule has 1 N–H and O–H groups in total. The smallest absolute Gasteiger partial charge is 0.198 e. The SMILES string of the molecule is OC(Cc1nc2ccccc2o1)C1CCCO1. The Morgan fingerprint density at radius 1 is 1.41 bits per heavy atom. The van der Waals surface area contributed by atoms with E-state index in [0.29, 0.717) is 12.3 Å². The molecule has 0 bridgehead atoms. The Balaban J connectivity index is 1.75. The number of hydrogen-bond acceptors (Lipinski definition) is 4. The lowest BCUT2D eigenvalue weighted by molar-refractivity contribution is -0.00343. The molecule has 0 radical (unpaired) electrons. The molecule has 0 amide bonds. The lowest BCUT2D eigenvalue weighted by Crippen LogP contribution is -2.27. The number of aromatic nitrogens is 1. The summed E-state index contributed by atoms with van der Waals surface area (Å²) in [6.45, 7) is 0.745. The fourth-order valence-electron chi connectivity index (χ4n) is 2.22. The monoisotopic (exact) mass is 233 g/mol. The molecule has 1 aromatic carbocycles. The first-order valence-corrected chi connectivity index (χ1v) is 5.97. The first-order chi connectivity index (χ1) is 8.33.